The molecule has 0 atom stereocenters. The van der Waals surface area contributed by atoms with Crippen LogP contribution in [0.1, 0.15) is 46.9 Å². The predicted octanol–water partition coefficient (Wildman–Crippen LogP) is 8.52. The fraction of sp³-hybridized carbons (Fsp3) is 0.156. The van der Waals surface area contributed by atoms with Gasteiger partial charge in [-0.2, -0.15) is 28.5 Å². The Balaban J connectivity index is 1.50. The molecule has 0 aliphatic carbocycles. The molecule has 53 heavy (non-hydrogen) atoms. The second kappa shape index (κ2) is 16.0. The first kappa shape index (κ1) is 38.7. The van der Waals surface area contributed by atoms with E-state index in [0.29, 0.717) is 12.1 Å². The van der Waals surface area contributed by atoms with Crippen molar-refractivity contribution in [1.29, 1.82) is 0 Å². The molecule has 0 fully saturated rings. The lowest BCUT2D eigenvalue weighted by molar-refractivity contribution is 0.0696. The van der Waals surface area contributed by atoms with Crippen LogP contribution in [0.4, 0.5) is 34.6 Å². The van der Waals surface area contributed by atoms with Crippen molar-refractivity contribution in [3.05, 3.63) is 88.5 Å². The van der Waals surface area contributed by atoms with E-state index < -0.39 is 43.5 Å². The van der Waals surface area contributed by atoms with Crippen LogP contribution in [0.25, 0.3) is 16.1 Å². The summed E-state index contributed by atoms with van der Waals surface area (Å²) < 4.78 is 62.6. The van der Waals surface area contributed by atoms with E-state index in [4.69, 9.17) is 11.6 Å². The number of anilines is 4. The maximum atomic E-state index is 13.0. The van der Waals surface area contributed by atoms with Gasteiger partial charge in [0.25, 0.3) is 10.1 Å². The summed E-state index contributed by atoms with van der Waals surface area (Å²) in [5.41, 5.74) is -0.446. The number of hydrogen-bond acceptors (Lipinski definition) is 15. The maximum absolute atomic E-state index is 13.0. The summed E-state index contributed by atoms with van der Waals surface area (Å²) >= 11 is 6.09. The van der Waals surface area contributed by atoms with Gasteiger partial charge in [-0.15, -0.1) is 11.7 Å². The summed E-state index contributed by atoms with van der Waals surface area (Å²) in [6, 6.07) is 13.8. The van der Waals surface area contributed by atoms with Gasteiger partial charge >= 0.3 is 5.97 Å². The molecule has 1 heterocycles. The number of amides is 1. The van der Waals surface area contributed by atoms with Crippen molar-refractivity contribution >= 4 is 89.9 Å². The number of nitrogens with one attached hydrogen (secondary N) is 2. The van der Waals surface area contributed by atoms with Crippen molar-refractivity contribution in [3.63, 3.8) is 0 Å². The van der Waals surface area contributed by atoms with E-state index in [-0.39, 0.29) is 67.6 Å². The van der Waals surface area contributed by atoms with Crippen LogP contribution in [-0.2, 0) is 10.1 Å². The van der Waals surface area contributed by atoms with Gasteiger partial charge in [0.1, 0.15) is 16.6 Å². The molecule has 0 saturated heterocycles. The minimum Gasteiger partial charge on any atom is -0.649 e. The predicted molar refractivity (Wildman–Crippen MR) is 197 cm³/mol. The van der Waals surface area contributed by atoms with Gasteiger partial charge in [0, 0.05) is 22.3 Å². The van der Waals surface area contributed by atoms with Crippen LogP contribution in [0.15, 0.2) is 86.7 Å². The van der Waals surface area contributed by atoms with Crippen molar-refractivity contribution in [2.24, 2.45) is 10.2 Å². The van der Waals surface area contributed by atoms with E-state index in [1.54, 1.807) is 0 Å². The number of unbranched alkanes of at least 4 members (excludes halogenated alkanes) is 2. The molecule has 278 valence electrons. The van der Waals surface area contributed by atoms with E-state index in [9.17, 15) is 46.4 Å². The number of phenolic OH excluding ortho intramolecular Hbond substituents is 1. The molecule has 0 bridgehead atoms. The van der Waals surface area contributed by atoms with E-state index >= 15 is 0 Å². The Bertz CT molecular complexity index is 2340. The number of carbonyl (C=O) groups is 2. The fourth-order valence-electron chi connectivity index (χ4n) is 4.81. The number of rotatable bonds is 14. The zero-order valence-corrected chi connectivity index (χ0v) is 29.8. The standard InChI is InChI=1S/C32H31ClN8O10S2/c1-2-3-4-11-34-28(43)25-13-18-12-17(29(44)45)5-10-24(18)26(27(25)42)41-40-21-14-20(15-23(16-21)53(49,50)51)36-32-38-30(33)37-31(39-32)35-19-6-8-22(9-7-19)52(46,47)48/h5-10,12-16H,2-4,11H2,1H3,(H9,34,35,36,37,38,39,40,42,43,44,45,46,47,48,49,50,51)/p-1. The van der Waals surface area contributed by atoms with Crippen LogP contribution in [0, 0.1) is 0 Å². The number of hydrogen-bond donors (Lipinski definition) is 8. The average molecular weight is 786 g/mol. The number of aromatic hydroxyl groups is 1. The van der Waals surface area contributed by atoms with Crippen LogP contribution in [0.5, 0.6) is 5.75 Å². The molecule has 5 aromatic rings. The molecule has 18 nitrogen and oxygen atoms in total. The molecule has 21 heteroatoms. The lowest BCUT2D eigenvalue weighted by Crippen LogP contribution is -2.05. The molecule has 8 N–H and O–H groups in total. The molecule has 1 amide bonds. The lowest BCUT2D eigenvalue weighted by atomic mass is 10.0. The van der Waals surface area contributed by atoms with Crippen molar-refractivity contribution in [1.82, 2.24) is 15.0 Å². The first-order chi connectivity index (χ1) is 25.0. The van der Waals surface area contributed by atoms with Crippen molar-refractivity contribution in [2.75, 3.05) is 17.2 Å². The smallest absolute Gasteiger partial charge is 0.335 e. The fourth-order valence-corrected chi connectivity index (χ4v) is 6.02. The number of carboxylic acids is 1. The molecule has 0 aliphatic heterocycles. The Morgan fingerprint density at radius 2 is 1.51 bits per heavy atom. The first-order valence-corrected chi connectivity index (χ1v) is 18.7. The second-order valence-electron chi connectivity index (χ2n) is 11.2. The number of halogens is 1. The van der Waals surface area contributed by atoms with Crippen LogP contribution in [-0.4, -0.2) is 70.2 Å². The normalized spacial score (nSPS) is 12.2. The second-order valence-corrected chi connectivity index (χ2v) is 14.5. The lowest BCUT2D eigenvalue weighted by Gasteiger charge is -2.20. The number of nitrogens with zero attached hydrogens (tertiary/aromatic N) is 6. The van der Waals surface area contributed by atoms with Crippen molar-refractivity contribution < 1.29 is 46.4 Å². The third-order valence-corrected chi connectivity index (χ3v) is 9.23. The number of phenols is 1. The van der Waals surface area contributed by atoms with E-state index in [1.807, 2.05) is 6.92 Å². The van der Waals surface area contributed by atoms with Crippen LogP contribution < -0.4 is 10.6 Å². The number of carboxylic acid groups (broad SMARTS) is 1. The Morgan fingerprint density at radius 1 is 0.830 bits per heavy atom. The summed E-state index contributed by atoms with van der Waals surface area (Å²) in [5, 5.41) is 38.6. The van der Waals surface area contributed by atoms with Crippen molar-refractivity contribution in [3.8, 4) is 5.75 Å². The average Bonchev–Trinajstić information content (AvgIpc) is 3.08. The summed E-state index contributed by atoms with van der Waals surface area (Å²) in [6.07, 6.45) is 2.37. The summed E-state index contributed by atoms with van der Waals surface area (Å²) in [7, 11) is -8.76. The molecule has 1 aromatic heterocycles. The summed E-state index contributed by atoms with van der Waals surface area (Å²) in [4.78, 5) is 36.0. The molecular formula is C32H30ClN8O10S2-. The summed E-state index contributed by atoms with van der Waals surface area (Å²) in [6.45, 7) is 2.19. The highest BCUT2D eigenvalue weighted by atomic mass is 35.5. The van der Waals surface area contributed by atoms with Gasteiger partial charge in [0.2, 0.25) is 17.2 Å². The van der Waals surface area contributed by atoms with Gasteiger partial charge in [0.15, 0.2) is 5.75 Å². The van der Waals surface area contributed by atoms with Gasteiger partial charge in [0.05, 0.1) is 26.9 Å². The van der Waals surface area contributed by atoms with Gasteiger partial charge in [-0.3, -0.25) is 4.55 Å². The minimum absolute atomic E-state index is 0.0326. The highest BCUT2D eigenvalue weighted by Gasteiger charge is 2.19. The van der Waals surface area contributed by atoms with Crippen LogP contribution in [0.3, 0.4) is 0 Å². The van der Waals surface area contributed by atoms with E-state index in [1.165, 1.54) is 54.6 Å². The highest BCUT2D eigenvalue weighted by molar-refractivity contribution is 8.19. The molecule has 0 radical (unpaired) electrons. The number of fused-ring (bicyclic) bond motifs is 1. The van der Waals surface area contributed by atoms with Crippen LogP contribution >= 0.6 is 22.5 Å². The number of aromatic nitrogens is 3. The van der Waals surface area contributed by atoms with Gasteiger partial charge in [-0.1, -0.05) is 32.3 Å². The Morgan fingerprint density at radius 3 is 2.13 bits per heavy atom. The molecule has 0 aliphatic rings. The Labute approximate surface area is 308 Å². The van der Waals surface area contributed by atoms with Gasteiger partial charge in [-0.25, -0.2) is 4.79 Å². The third kappa shape index (κ3) is 9.90. The molecule has 0 unspecified atom stereocenters. The van der Waals surface area contributed by atoms with E-state index in [0.717, 1.165) is 25.0 Å². The van der Waals surface area contributed by atoms with E-state index in [2.05, 4.69) is 41.1 Å². The summed E-state index contributed by atoms with van der Waals surface area (Å²) in [5.74, 6) is -2.89. The number of benzene rings is 4. The zero-order valence-electron chi connectivity index (χ0n) is 27.4. The maximum Gasteiger partial charge on any atom is 0.335 e. The Hall–Kier alpha value is -5.48. The largest absolute Gasteiger partial charge is 0.649 e. The molecule has 0 spiro atoms. The van der Waals surface area contributed by atoms with Gasteiger partial charge < -0.3 is 44.6 Å². The molecular weight excluding hydrogens is 756 g/mol. The van der Waals surface area contributed by atoms with Gasteiger partial charge in [-0.05, 0) is 77.7 Å². The zero-order chi connectivity index (χ0) is 38.5. The number of aromatic carboxylic acids is 1. The SMILES string of the molecule is CCCCC[N-]C(=O)c1cc2cc(C(=O)O)ccc2c(N=Nc2cc(Nc3nc(Cl)nc(Nc4ccc(S(O)(O)O)cc4)n3)cc(S(=O)(=O)O)c2)c1O. The topological polar surface area (TPSA) is 291 Å². The molecule has 0 saturated carbocycles. The molecule has 5 rings (SSSR count). The number of carbonyl (C=O) groups excluding carboxylic acids is 1. The monoisotopic (exact) mass is 785 g/mol. The minimum atomic E-state index is -4.83. The number of azo groups is 1. The van der Waals surface area contributed by atoms with Crippen LogP contribution in [0.2, 0.25) is 5.28 Å². The quantitative estimate of drug-likeness (QED) is 0.0297. The first-order valence-electron chi connectivity index (χ1n) is 15.4. The molecule has 4 aromatic carbocycles. The Kier molecular flexibility index (Phi) is 11.7. The highest BCUT2D eigenvalue weighted by Crippen LogP contribution is 2.44. The van der Waals surface area contributed by atoms with Crippen molar-refractivity contribution in [2.45, 2.75) is 36.0 Å². The third-order valence-electron chi connectivity index (χ3n) is 7.33.